The van der Waals surface area contributed by atoms with Crippen molar-refractivity contribution in [1.82, 2.24) is 4.72 Å². The minimum absolute atomic E-state index is 0.0878. The number of sulfonamides is 1. The summed E-state index contributed by atoms with van der Waals surface area (Å²) < 4.78 is 26.5. The fourth-order valence-corrected chi connectivity index (χ4v) is 3.33. The summed E-state index contributed by atoms with van der Waals surface area (Å²) in [5.41, 5.74) is 0. The molecule has 0 amide bonds. The first-order valence-electron chi connectivity index (χ1n) is 3.97. The molecule has 0 aliphatic heterocycles. The van der Waals surface area contributed by atoms with Crippen molar-refractivity contribution < 1.29 is 8.42 Å². The quantitative estimate of drug-likeness (QED) is 0.645. The van der Waals surface area contributed by atoms with Gasteiger partial charge in [-0.15, -0.1) is 0 Å². The van der Waals surface area contributed by atoms with E-state index in [1.165, 1.54) is 18.2 Å². The van der Waals surface area contributed by atoms with E-state index in [-0.39, 0.29) is 4.90 Å². The summed E-state index contributed by atoms with van der Waals surface area (Å²) in [7, 11) is -3.49. The zero-order valence-electron chi connectivity index (χ0n) is 7.50. The summed E-state index contributed by atoms with van der Waals surface area (Å²) >= 11 is 13.5. The summed E-state index contributed by atoms with van der Waals surface area (Å²) in [5, 5.41) is 0.606. The number of hydrogen-bond donors (Lipinski definition) is 1. The van der Waals surface area contributed by atoms with Crippen LogP contribution in [0.2, 0.25) is 10.0 Å². The molecule has 0 heterocycles. The van der Waals surface area contributed by atoms with Crippen LogP contribution in [0.1, 0.15) is 0 Å². The highest BCUT2D eigenvalue weighted by Crippen LogP contribution is 2.21. The van der Waals surface area contributed by atoms with Crippen LogP contribution in [0.25, 0.3) is 0 Å². The smallest absolute Gasteiger partial charge is 0.210 e. The standard InChI is InChI=1S/C8H8Cl2INO2S/c9-6-3-7(10)5-8(4-6)15(13,14)12-2-1-11/h3-5,12H,1-2H2. The molecule has 7 heteroatoms. The zero-order valence-corrected chi connectivity index (χ0v) is 12.0. The SMILES string of the molecule is O=S(=O)(NCCI)c1cc(Cl)cc(Cl)c1. The molecule has 1 aromatic carbocycles. The average molecular weight is 380 g/mol. The van der Waals surface area contributed by atoms with Crippen LogP contribution in [0, 0.1) is 0 Å². The van der Waals surface area contributed by atoms with Gasteiger partial charge in [-0.2, -0.15) is 0 Å². The van der Waals surface area contributed by atoms with Crippen molar-refractivity contribution in [2.45, 2.75) is 4.90 Å². The molecule has 1 aromatic rings. The van der Waals surface area contributed by atoms with Crippen LogP contribution in [-0.2, 0) is 10.0 Å². The number of alkyl halides is 1. The Morgan fingerprint density at radius 3 is 2.20 bits per heavy atom. The molecule has 0 saturated carbocycles. The lowest BCUT2D eigenvalue weighted by atomic mass is 10.4. The summed E-state index contributed by atoms with van der Waals surface area (Å²) in [6.07, 6.45) is 0. The van der Waals surface area contributed by atoms with Crippen LogP contribution in [0.15, 0.2) is 23.1 Å². The molecule has 1 rings (SSSR count). The maximum Gasteiger partial charge on any atom is 0.240 e. The van der Waals surface area contributed by atoms with E-state index in [0.29, 0.717) is 21.0 Å². The Balaban J connectivity index is 3.04. The second-order valence-electron chi connectivity index (χ2n) is 2.69. The lowest BCUT2D eigenvalue weighted by Crippen LogP contribution is -2.25. The van der Waals surface area contributed by atoms with Crippen LogP contribution >= 0.6 is 45.8 Å². The molecule has 0 aliphatic carbocycles. The summed E-state index contributed by atoms with van der Waals surface area (Å²) in [6.45, 7) is 0.382. The minimum Gasteiger partial charge on any atom is -0.210 e. The Hall–Kier alpha value is 0.440. The van der Waals surface area contributed by atoms with Crippen molar-refractivity contribution in [2.75, 3.05) is 11.0 Å². The highest BCUT2D eigenvalue weighted by Gasteiger charge is 2.14. The second kappa shape index (κ2) is 5.67. The Kier molecular flexibility index (Phi) is 5.11. The Labute approximate surface area is 112 Å². The van der Waals surface area contributed by atoms with E-state index in [1.54, 1.807) is 0 Å². The van der Waals surface area contributed by atoms with Gasteiger partial charge in [-0.25, -0.2) is 13.1 Å². The van der Waals surface area contributed by atoms with Crippen LogP contribution in [-0.4, -0.2) is 19.4 Å². The van der Waals surface area contributed by atoms with Gasteiger partial charge in [0.1, 0.15) is 0 Å². The molecule has 1 N–H and O–H groups in total. The second-order valence-corrected chi connectivity index (χ2v) is 6.41. The van der Waals surface area contributed by atoms with E-state index >= 15 is 0 Å². The molecule has 84 valence electrons. The predicted molar refractivity (Wildman–Crippen MR) is 70.5 cm³/mol. The van der Waals surface area contributed by atoms with Crippen LogP contribution in [0.5, 0.6) is 0 Å². The first-order chi connectivity index (χ1) is 6.95. The molecule has 0 aliphatic rings. The van der Waals surface area contributed by atoms with Crippen molar-refractivity contribution in [1.29, 1.82) is 0 Å². The number of benzene rings is 1. The molecule has 0 bridgehead atoms. The van der Waals surface area contributed by atoms with Crippen molar-refractivity contribution >= 4 is 55.8 Å². The van der Waals surface area contributed by atoms with E-state index in [4.69, 9.17) is 23.2 Å². The summed E-state index contributed by atoms with van der Waals surface area (Å²) in [6, 6.07) is 4.21. The van der Waals surface area contributed by atoms with Gasteiger partial charge in [-0.3, -0.25) is 0 Å². The molecule has 0 radical (unpaired) electrons. The van der Waals surface area contributed by atoms with Gasteiger partial charge in [0.05, 0.1) is 4.90 Å². The molecule has 0 fully saturated rings. The van der Waals surface area contributed by atoms with Crippen molar-refractivity contribution in [3.63, 3.8) is 0 Å². The fraction of sp³-hybridized carbons (Fsp3) is 0.250. The van der Waals surface area contributed by atoms with Gasteiger partial charge >= 0.3 is 0 Å². The van der Waals surface area contributed by atoms with Crippen molar-refractivity contribution in [3.8, 4) is 0 Å². The van der Waals surface area contributed by atoms with Gasteiger partial charge in [0.25, 0.3) is 0 Å². The van der Waals surface area contributed by atoms with Gasteiger partial charge < -0.3 is 0 Å². The highest BCUT2D eigenvalue weighted by molar-refractivity contribution is 14.1. The number of halogens is 3. The topological polar surface area (TPSA) is 46.2 Å². The van der Waals surface area contributed by atoms with Gasteiger partial charge in [-0.1, -0.05) is 45.8 Å². The predicted octanol–water partition coefficient (Wildman–Crippen LogP) is 2.71. The van der Waals surface area contributed by atoms with Gasteiger partial charge in [0.15, 0.2) is 0 Å². The largest absolute Gasteiger partial charge is 0.240 e. The van der Waals surface area contributed by atoms with E-state index in [1.807, 2.05) is 0 Å². The van der Waals surface area contributed by atoms with Gasteiger partial charge in [0, 0.05) is 21.0 Å². The molecular weight excluding hydrogens is 372 g/mol. The Bertz CT molecular complexity index is 430. The highest BCUT2D eigenvalue weighted by atomic mass is 127. The summed E-state index contributed by atoms with van der Waals surface area (Å²) in [5.74, 6) is 0. The number of rotatable bonds is 4. The summed E-state index contributed by atoms with van der Waals surface area (Å²) in [4.78, 5) is 0.0878. The Morgan fingerprint density at radius 2 is 1.73 bits per heavy atom. The molecule has 15 heavy (non-hydrogen) atoms. The molecule has 0 atom stereocenters. The zero-order chi connectivity index (χ0) is 11.5. The van der Waals surface area contributed by atoms with Crippen LogP contribution in [0.3, 0.4) is 0 Å². The first-order valence-corrected chi connectivity index (χ1v) is 7.74. The third-order valence-electron chi connectivity index (χ3n) is 1.53. The third-order valence-corrected chi connectivity index (χ3v) is 3.95. The third kappa shape index (κ3) is 4.07. The average Bonchev–Trinajstić information content (AvgIpc) is 2.13. The molecular formula is C8H8Cl2INO2S. The first kappa shape index (κ1) is 13.5. The van der Waals surface area contributed by atoms with E-state index in [2.05, 4.69) is 27.3 Å². The lowest BCUT2D eigenvalue weighted by Gasteiger charge is -2.05. The Morgan fingerprint density at radius 1 is 1.20 bits per heavy atom. The van der Waals surface area contributed by atoms with Crippen molar-refractivity contribution in [3.05, 3.63) is 28.2 Å². The lowest BCUT2D eigenvalue weighted by molar-refractivity contribution is 0.584. The molecule has 0 aromatic heterocycles. The monoisotopic (exact) mass is 379 g/mol. The maximum absolute atomic E-state index is 11.7. The van der Waals surface area contributed by atoms with Crippen molar-refractivity contribution in [2.24, 2.45) is 0 Å². The number of nitrogens with one attached hydrogen (secondary N) is 1. The number of hydrogen-bond acceptors (Lipinski definition) is 2. The molecule has 3 nitrogen and oxygen atoms in total. The minimum atomic E-state index is -3.49. The maximum atomic E-state index is 11.7. The van der Waals surface area contributed by atoms with Gasteiger partial charge in [0.2, 0.25) is 10.0 Å². The van der Waals surface area contributed by atoms with Gasteiger partial charge in [-0.05, 0) is 18.2 Å². The van der Waals surface area contributed by atoms with E-state index in [9.17, 15) is 8.42 Å². The van der Waals surface area contributed by atoms with E-state index in [0.717, 1.165) is 0 Å². The van der Waals surface area contributed by atoms with Crippen LogP contribution < -0.4 is 4.72 Å². The normalized spacial score (nSPS) is 11.7. The van der Waals surface area contributed by atoms with E-state index < -0.39 is 10.0 Å². The van der Waals surface area contributed by atoms with Crippen LogP contribution in [0.4, 0.5) is 0 Å². The molecule has 0 unspecified atom stereocenters. The molecule has 0 saturated heterocycles. The molecule has 0 spiro atoms. The fourth-order valence-electron chi connectivity index (χ4n) is 0.940.